The number of carbonyl (C=O) groups excluding carboxylic acids is 2. The van der Waals surface area contributed by atoms with Crippen LogP contribution in [0.4, 0.5) is 5.69 Å². The number of rotatable bonds is 5. The third kappa shape index (κ3) is 4.09. The van der Waals surface area contributed by atoms with Gasteiger partial charge in [-0.25, -0.2) is 0 Å². The van der Waals surface area contributed by atoms with Crippen molar-refractivity contribution in [3.8, 4) is 11.3 Å². The van der Waals surface area contributed by atoms with Gasteiger partial charge in [-0.15, -0.1) is 0 Å². The number of hydrogen-bond donors (Lipinski definition) is 3. The highest BCUT2D eigenvalue weighted by molar-refractivity contribution is 5.99. The van der Waals surface area contributed by atoms with Gasteiger partial charge in [-0.05, 0) is 148 Å². The lowest BCUT2D eigenvalue weighted by atomic mass is 9.49. The molecule has 3 aromatic rings. The van der Waals surface area contributed by atoms with E-state index in [4.69, 9.17) is 0 Å². The van der Waals surface area contributed by atoms with Gasteiger partial charge in [-0.1, -0.05) is 18.2 Å². The highest BCUT2D eigenvalue weighted by Crippen LogP contribution is 2.60. The molecule has 0 radical (unpaired) electrons. The summed E-state index contributed by atoms with van der Waals surface area (Å²) in [4.78, 5) is 30.3. The topological polar surface area (TPSA) is 74.0 Å². The van der Waals surface area contributed by atoms with Crippen LogP contribution in [-0.4, -0.2) is 22.8 Å². The first kappa shape index (κ1) is 24.5. The number of benzene rings is 2. The first-order valence-electron chi connectivity index (χ1n) is 16.3. The number of fused-ring (bicyclic) bond motifs is 1. The highest BCUT2D eigenvalue weighted by Gasteiger charge is 2.54. The predicted octanol–water partition coefficient (Wildman–Crippen LogP) is 7.54. The summed E-state index contributed by atoms with van der Waals surface area (Å²) in [7, 11) is 0. The molecular formula is C36H41N3O2. The van der Waals surface area contributed by atoms with Crippen molar-refractivity contribution in [2.24, 2.45) is 46.8 Å². The second-order valence-electron chi connectivity index (χ2n) is 15.1. The molecule has 11 rings (SSSR count). The fraction of sp³-hybridized carbons (Fsp3) is 0.556. The van der Waals surface area contributed by atoms with Crippen LogP contribution >= 0.6 is 0 Å². The number of hydrogen-bond acceptors (Lipinski definition) is 2. The maximum atomic E-state index is 13.5. The van der Waals surface area contributed by atoms with Crippen LogP contribution < -0.4 is 10.6 Å². The van der Waals surface area contributed by atoms with E-state index in [2.05, 4.69) is 39.9 Å². The number of H-pyrrole nitrogens is 1. The second-order valence-corrected chi connectivity index (χ2v) is 15.1. The zero-order valence-corrected chi connectivity index (χ0v) is 23.8. The molecule has 5 nitrogen and oxygen atoms in total. The summed E-state index contributed by atoms with van der Waals surface area (Å²) >= 11 is 0. The van der Waals surface area contributed by atoms with Gasteiger partial charge in [0, 0.05) is 33.9 Å². The zero-order chi connectivity index (χ0) is 27.3. The molecule has 0 spiro atoms. The van der Waals surface area contributed by atoms with Gasteiger partial charge in [0.2, 0.25) is 5.91 Å². The molecule has 8 bridgehead atoms. The van der Waals surface area contributed by atoms with Gasteiger partial charge >= 0.3 is 0 Å². The summed E-state index contributed by atoms with van der Waals surface area (Å²) in [6, 6.07) is 16.8. The Labute approximate surface area is 242 Å². The van der Waals surface area contributed by atoms with Gasteiger partial charge in [0.05, 0.1) is 5.41 Å². The molecule has 1 aromatic heterocycles. The van der Waals surface area contributed by atoms with E-state index in [1.54, 1.807) is 0 Å². The van der Waals surface area contributed by atoms with Crippen LogP contribution in [-0.2, 0) is 4.79 Å². The van der Waals surface area contributed by atoms with Crippen molar-refractivity contribution in [2.45, 2.75) is 76.7 Å². The van der Waals surface area contributed by atoms with Gasteiger partial charge in [0.25, 0.3) is 5.91 Å². The lowest BCUT2D eigenvalue weighted by Crippen LogP contribution is -2.55. The summed E-state index contributed by atoms with van der Waals surface area (Å²) in [5, 5.41) is 7.84. The van der Waals surface area contributed by atoms with Gasteiger partial charge in [-0.2, -0.15) is 0 Å². The molecule has 8 fully saturated rings. The Morgan fingerprint density at radius 3 is 1.95 bits per heavy atom. The minimum atomic E-state index is -0.134. The van der Waals surface area contributed by atoms with Crippen molar-refractivity contribution in [2.75, 3.05) is 5.32 Å². The Kier molecular flexibility index (Phi) is 5.36. The van der Waals surface area contributed by atoms with Crippen LogP contribution in [0.3, 0.4) is 0 Å². The number of amides is 2. The van der Waals surface area contributed by atoms with Crippen molar-refractivity contribution in [1.82, 2.24) is 10.3 Å². The summed E-state index contributed by atoms with van der Waals surface area (Å²) < 4.78 is 0. The van der Waals surface area contributed by atoms with E-state index in [9.17, 15) is 9.59 Å². The summed E-state index contributed by atoms with van der Waals surface area (Å²) in [6.07, 6.45) is 14.0. The Hall–Kier alpha value is -3.08. The van der Waals surface area contributed by atoms with Crippen molar-refractivity contribution < 1.29 is 9.59 Å². The SMILES string of the molecule is O=C(NC1C2CC3CC(C2)CC1C3)c1ccc2cc(-c3ccc(NC(=O)C45CC6CC(CC(C6)C4)C5)cc3)[nH]c2c1. The van der Waals surface area contributed by atoms with Crippen molar-refractivity contribution in [3.05, 3.63) is 54.1 Å². The summed E-state index contributed by atoms with van der Waals surface area (Å²) in [5.41, 5.74) is 4.57. The molecule has 2 aromatic carbocycles. The molecule has 212 valence electrons. The van der Waals surface area contributed by atoms with Crippen LogP contribution in [0.15, 0.2) is 48.5 Å². The minimum Gasteiger partial charge on any atom is -0.355 e. The molecule has 41 heavy (non-hydrogen) atoms. The zero-order valence-electron chi connectivity index (χ0n) is 23.8. The average molecular weight is 548 g/mol. The maximum Gasteiger partial charge on any atom is 0.251 e. The molecular weight excluding hydrogens is 506 g/mol. The van der Waals surface area contributed by atoms with E-state index >= 15 is 0 Å². The van der Waals surface area contributed by atoms with Crippen molar-refractivity contribution in [1.29, 1.82) is 0 Å². The van der Waals surface area contributed by atoms with E-state index in [0.29, 0.717) is 17.9 Å². The quantitative estimate of drug-likeness (QED) is 0.309. The van der Waals surface area contributed by atoms with E-state index in [1.807, 2.05) is 24.3 Å². The Morgan fingerprint density at radius 1 is 0.707 bits per heavy atom. The van der Waals surface area contributed by atoms with E-state index in [-0.39, 0.29) is 17.2 Å². The third-order valence-electron chi connectivity index (χ3n) is 12.4. The van der Waals surface area contributed by atoms with E-state index in [1.165, 1.54) is 51.4 Å². The van der Waals surface area contributed by atoms with Crippen LogP contribution in [0.1, 0.15) is 81.0 Å². The average Bonchev–Trinajstić information content (AvgIpc) is 3.38. The Balaban J connectivity index is 0.890. The van der Waals surface area contributed by atoms with Gasteiger partial charge < -0.3 is 15.6 Å². The Bertz CT molecular complexity index is 1470. The highest BCUT2D eigenvalue weighted by atomic mass is 16.2. The largest absolute Gasteiger partial charge is 0.355 e. The van der Waals surface area contributed by atoms with Crippen LogP contribution in [0.25, 0.3) is 22.2 Å². The smallest absolute Gasteiger partial charge is 0.251 e. The lowest BCUT2D eigenvalue weighted by molar-refractivity contribution is -0.140. The fourth-order valence-electron chi connectivity index (χ4n) is 11.2. The molecule has 8 aliphatic carbocycles. The minimum absolute atomic E-state index is 0.0691. The number of carbonyl (C=O) groups is 2. The normalized spacial score (nSPS) is 38.0. The molecule has 8 aliphatic rings. The van der Waals surface area contributed by atoms with Crippen LogP contribution in [0.2, 0.25) is 0 Å². The number of anilines is 1. The third-order valence-corrected chi connectivity index (χ3v) is 12.4. The molecule has 8 saturated carbocycles. The second kappa shape index (κ2) is 8.96. The number of nitrogens with one attached hydrogen (secondary N) is 3. The monoisotopic (exact) mass is 547 g/mol. The lowest BCUT2D eigenvalue weighted by Gasteiger charge is -2.55. The molecule has 0 saturated heterocycles. The standard InChI is InChI=1S/C36H41N3O2/c40-34(39-33-28-11-20-7-21(13-28)14-29(33)12-20)27-2-1-26-15-31(38-32(26)16-27)25-3-5-30(6-4-25)37-35(41)36-17-22-8-23(18-36)10-24(9-22)19-36/h1-6,15-16,20-24,28-29,33,38H,7-14,17-19H2,(H,37,41)(H,39,40). The van der Waals surface area contributed by atoms with Crippen LogP contribution in [0.5, 0.6) is 0 Å². The molecule has 0 atom stereocenters. The predicted molar refractivity (Wildman–Crippen MR) is 161 cm³/mol. The Morgan fingerprint density at radius 2 is 1.32 bits per heavy atom. The first-order chi connectivity index (χ1) is 20.0. The molecule has 2 amide bonds. The molecule has 1 heterocycles. The van der Waals surface area contributed by atoms with E-state index in [0.717, 1.165) is 82.3 Å². The number of aromatic amines is 1. The van der Waals surface area contributed by atoms with Crippen molar-refractivity contribution >= 4 is 28.4 Å². The maximum absolute atomic E-state index is 13.5. The summed E-state index contributed by atoms with van der Waals surface area (Å²) in [6.45, 7) is 0. The van der Waals surface area contributed by atoms with E-state index < -0.39 is 0 Å². The van der Waals surface area contributed by atoms with Gasteiger partial charge in [0.15, 0.2) is 0 Å². The molecule has 0 aliphatic heterocycles. The van der Waals surface area contributed by atoms with Gasteiger partial charge in [-0.3, -0.25) is 9.59 Å². The van der Waals surface area contributed by atoms with Crippen LogP contribution in [0, 0.1) is 46.8 Å². The number of aromatic nitrogens is 1. The molecule has 3 N–H and O–H groups in total. The van der Waals surface area contributed by atoms with Crippen molar-refractivity contribution in [3.63, 3.8) is 0 Å². The van der Waals surface area contributed by atoms with Gasteiger partial charge in [0.1, 0.15) is 0 Å². The molecule has 0 unspecified atom stereocenters. The first-order valence-corrected chi connectivity index (χ1v) is 16.3. The fourth-order valence-corrected chi connectivity index (χ4v) is 11.2. The summed E-state index contributed by atoms with van der Waals surface area (Å²) in [5.74, 6) is 5.78. The molecule has 5 heteroatoms.